The molecule has 0 radical (unpaired) electrons. The molecular formula is C15H19NO. The number of benzene rings is 1. The van der Waals surface area contributed by atoms with E-state index in [4.69, 9.17) is 10.00 Å². The fourth-order valence-corrected chi connectivity index (χ4v) is 2.20. The molecule has 1 saturated carbocycles. The van der Waals surface area contributed by atoms with Crippen LogP contribution in [0, 0.1) is 22.7 Å². The Morgan fingerprint density at radius 1 is 1.29 bits per heavy atom. The molecule has 1 fully saturated rings. The number of nitriles is 1. The van der Waals surface area contributed by atoms with Gasteiger partial charge >= 0.3 is 0 Å². The topological polar surface area (TPSA) is 33.0 Å². The van der Waals surface area contributed by atoms with Crippen LogP contribution in [0.2, 0.25) is 0 Å². The third kappa shape index (κ3) is 2.79. The SMILES string of the molecule is CC(C)(C)C1CC(Oc2cccc(C#N)c2)C1. The lowest BCUT2D eigenvalue weighted by Crippen LogP contribution is -2.40. The number of nitrogens with zero attached hydrogens (tertiary/aromatic N) is 1. The van der Waals surface area contributed by atoms with Gasteiger partial charge in [0.2, 0.25) is 0 Å². The van der Waals surface area contributed by atoms with E-state index < -0.39 is 0 Å². The Hall–Kier alpha value is -1.49. The monoisotopic (exact) mass is 229 g/mol. The maximum Gasteiger partial charge on any atom is 0.121 e. The molecule has 0 unspecified atom stereocenters. The Morgan fingerprint density at radius 2 is 2.00 bits per heavy atom. The number of hydrogen-bond acceptors (Lipinski definition) is 2. The lowest BCUT2D eigenvalue weighted by Gasteiger charge is -2.43. The summed E-state index contributed by atoms with van der Waals surface area (Å²) < 4.78 is 5.87. The summed E-state index contributed by atoms with van der Waals surface area (Å²) in [5.41, 5.74) is 1.04. The van der Waals surface area contributed by atoms with Crippen molar-refractivity contribution < 1.29 is 4.74 Å². The molecule has 2 nitrogen and oxygen atoms in total. The van der Waals surface area contributed by atoms with Gasteiger partial charge in [0.1, 0.15) is 5.75 Å². The zero-order valence-corrected chi connectivity index (χ0v) is 10.7. The number of ether oxygens (including phenoxy) is 1. The van der Waals surface area contributed by atoms with Crippen molar-refractivity contribution >= 4 is 0 Å². The molecule has 1 aliphatic carbocycles. The summed E-state index contributed by atoms with van der Waals surface area (Å²) in [6.07, 6.45) is 2.58. The van der Waals surface area contributed by atoms with E-state index in [0.717, 1.165) is 24.5 Å². The highest BCUT2D eigenvalue weighted by Gasteiger charge is 2.38. The fraction of sp³-hybridized carbons (Fsp3) is 0.533. The molecule has 0 aromatic heterocycles. The highest BCUT2D eigenvalue weighted by atomic mass is 16.5. The van der Waals surface area contributed by atoms with Crippen LogP contribution in [0.4, 0.5) is 0 Å². The molecule has 0 spiro atoms. The molecule has 0 saturated heterocycles. The Balaban J connectivity index is 1.90. The maximum atomic E-state index is 8.81. The summed E-state index contributed by atoms with van der Waals surface area (Å²) in [4.78, 5) is 0. The molecule has 90 valence electrons. The molecule has 0 N–H and O–H groups in total. The molecule has 2 rings (SSSR count). The van der Waals surface area contributed by atoms with Crippen LogP contribution in [0.5, 0.6) is 5.75 Å². The van der Waals surface area contributed by atoms with Gasteiger partial charge in [-0.3, -0.25) is 0 Å². The van der Waals surface area contributed by atoms with Gasteiger partial charge in [-0.1, -0.05) is 26.8 Å². The predicted molar refractivity (Wildman–Crippen MR) is 67.8 cm³/mol. The van der Waals surface area contributed by atoms with E-state index in [1.54, 1.807) is 6.07 Å². The summed E-state index contributed by atoms with van der Waals surface area (Å²) in [5, 5.41) is 8.81. The van der Waals surface area contributed by atoms with Gasteiger partial charge in [-0.05, 0) is 42.4 Å². The van der Waals surface area contributed by atoms with Gasteiger partial charge in [0.25, 0.3) is 0 Å². The largest absolute Gasteiger partial charge is 0.490 e. The van der Waals surface area contributed by atoms with Crippen molar-refractivity contribution in [1.82, 2.24) is 0 Å². The quantitative estimate of drug-likeness (QED) is 0.773. The number of hydrogen-bond donors (Lipinski definition) is 0. The van der Waals surface area contributed by atoms with Crippen LogP contribution in [-0.2, 0) is 0 Å². The predicted octanol–water partition coefficient (Wildman–Crippen LogP) is 3.76. The van der Waals surface area contributed by atoms with Crippen LogP contribution < -0.4 is 4.74 Å². The minimum Gasteiger partial charge on any atom is -0.490 e. The molecule has 0 atom stereocenters. The standard InChI is InChI=1S/C15H19NO/c1-15(2,3)12-8-14(9-12)17-13-6-4-5-11(7-13)10-16/h4-7,12,14H,8-9H2,1-3H3. The van der Waals surface area contributed by atoms with Crippen LogP contribution in [0.15, 0.2) is 24.3 Å². The van der Waals surface area contributed by atoms with Gasteiger partial charge < -0.3 is 4.74 Å². The van der Waals surface area contributed by atoms with E-state index in [-0.39, 0.29) is 0 Å². The van der Waals surface area contributed by atoms with Crippen LogP contribution in [0.3, 0.4) is 0 Å². The Morgan fingerprint density at radius 3 is 2.59 bits per heavy atom. The smallest absolute Gasteiger partial charge is 0.121 e. The molecule has 1 aromatic rings. The van der Waals surface area contributed by atoms with Gasteiger partial charge in [-0.25, -0.2) is 0 Å². The molecule has 0 aliphatic heterocycles. The molecule has 0 amide bonds. The number of rotatable bonds is 2. The third-order valence-electron chi connectivity index (χ3n) is 3.59. The highest BCUT2D eigenvalue weighted by Crippen LogP contribution is 2.42. The van der Waals surface area contributed by atoms with E-state index in [0.29, 0.717) is 17.1 Å². The van der Waals surface area contributed by atoms with Crippen molar-refractivity contribution in [2.24, 2.45) is 11.3 Å². The van der Waals surface area contributed by atoms with E-state index in [9.17, 15) is 0 Å². The first-order valence-electron chi connectivity index (χ1n) is 6.16. The van der Waals surface area contributed by atoms with Gasteiger partial charge in [-0.15, -0.1) is 0 Å². The van der Waals surface area contributed by atoms with Crippen LogP contribution in [0.25, 0.3) is 0 Å². The van der Waals surface area contributed by atoms with Crippen molar-refractivity contribution in [3.63, 3.8) is 0 Å². The fourth-order valence-electron chi connectivity index (χ4n) is 2.20. The third-order valence-corrected chi connectivity index (χ3v) is 3.59. The van der Waals surface area contributed by atoms with Crippen molar-refractivity contribution in [3.8, 4) is 11.8 Å². The van der Waals surface area contributed by atoms with Gasteiger partial charge in [0, 0.05) is 0 Å². The maximum absolute atomic E-state index is 8.81. The van der Waals surface area contributed by atoms with Crippen LogP contribution in [-0.4, -0.2) is 6.10 Å². The van der Waals surface area contributed by atoms with Gasteiger partial charge in [0.05, 0.1) is 17.7 Å². The first-order chi connectivity index (χ1) is 7.99. The Bertz CT molecular complexity index is 433. The molecule has 2 heteroatoms. The second-order valence-corrected chi connectivity index (χ2v) is 5.91. The van der Waals surface area contributed by atoms with Crippen LogP contribution >= 0.6 is 0 Å². The highest BCUT2D eigenvalue weighted by molar-refractivity contribution is 5.36. The minimum absolute atomic E-state index is 0.327. The van der Waals surface area contributed by atoms with Crippen LogP contribution in [0.1, 0.15) is 39.2 Å². The molecule has 0 bridgehead atoms. The Labute approximate surface area is 103 Å². The summed E-state index contributed by atoms with van der Waals surface area (Å²) in [6, 6.07) is 9.53. The second-order valence-electron chi connectivity index (χ2n) is 5.91. The molecule has 1 aliphatic rings. The zero-order valence-electron chi connectivity index (χ0n) is 10.7. The summed E-state index contributed by atoms with van der Waals surface area (Å²) in [7, 11) is 0. The lowest BCUT2D eigenvalue weighted by atomic mass is 9.67. The summed E-state index contributed by atoms with van der Waals surface area (Å²) in [6.45, 7) is 6.85. The van der Waals surface area contributed by atoms with Crippen molar-refractivity contribution in [2.75, 3.05) is 0 Å². The normalized spacial score (nSPS) is 23.6. The Kier molecular flexibility index (Phi) is 3.11. The first-order valence-corrected chi connectivity index (χ1v) is 6.16. The van der Waals surface area contributed by atoms with Gasteiger partial charge in [-0.2, -0.15) is 5.26 Å². The minimum atomic E-state index is 0.327. The van der Waals surface area contributed by atoms with Crippen molar-refractivity contribution in [1.29, 1.82) is 5.26 Å². The lowest BCUT2D eigenvalue weighted by molar-refractivity contribution is 0.00732. The molecule has 1 aromatic carbocycles. The molecular weight excluding hydrogens is 210 g/mol. The van der Waals surface area contributed by atoms with Crippen molar-refractivity contribution in [3.05, 3.63) is 29.8 Å². The average Bonchev–Trinajstić information content (AvgIpc) is 2.21. The molecule has 17 heavy (non-hydrogen) atoms. The molecule has 0 heterocycles. The van der Waals surface area contributed by atoms with Gasteiger partial charge in [0.15, 0.2) is 0 Å². The second kappa shape index (κ2) is 4.41. The van der Waals surface area contributed by atoms with E-state index in [1.807, 2.05) is 18.2 Å². The first kappa shape index (κ1) is 12.0. The van der Waals surface area contributed by atoms with E-state index in [2.05, 4.69) is 26.8 Å². The van der Waals surface area contributed by atoms with E-state index >= 15 is 0 Å². The van der Waals surface area contributed by atoms with Crippen molar-refractivity contribution in [2.45, 2.75) is 39.7 Å². The van der Waals surface area contributed by atoms with E-state index in [1.165, 1.54) is 0 Å². The summed E-state index contributed by atoms with van der Waals surface area (Å²) in [5.74, 6) is 1.58. The summed E-state index contributed by atoms with van der Waals surface area (Å²) >= 11 is 0. The average molecular weight is 229 g/mol. The zero-order chi connectivity index (χ0) is 12.5.